The molecule has 0 aliphatic heterocycles. The number of hydrogen-bond donors (Lipinski definition) is 1. The van der Waals surface area contributed by atoms with E-state index >= 15 is 0 Å². The summed E-state index contributed by atoms with van der Waals surface area (Å²) in [7, 11) is 0. The molecule has 0 radical (unpaired) electrons. The van der Waals surface area contributed by atoms with Gasteiger partial charge in [0.05, 0.1) is 0 Å². The van der Waals surface area contributed by atoms with Crippen LogP contribution in [0.3, 0.4) is 0 Å². The highest BCUT2D eigenvalue weighted by molar-refractivity contribution is 9.10. The van der Waals surface area contributed by atoms with Crippen molar-refractivity contribution in [1.82, 2.24) is 5.16 Å². The van der Waals surface area contributed by atoms with Gasteiger partial charge in [-0.3, -0.25) is 0 Å². The van der Waals surface area contributed by atoms with Gasteiger partial charge in [-0.15, -0.1) is 0 Å². The molecule has 0 saturated carbocycles. The van der Waals surface area contributed by atoms with Crippen molar-refractivity contribution in [2.75, 3.05) is 5.73 Å². The number of nitrogens with zero attached hydrogens (tertiary/aromatic N) is 1. The van der Waals surface area contributed by atoms with Gasteiger partial charge in [0.2, 0.25) is 5.88 Å². The molecule has 3 nitrogen and oxygen atoms in total. The van der Waals surface area contributed by atoms with Gasteiger partial charge in [0, 0.05) is 15.6 Å². The molecule has 1 heterocycles. The molecule has 2 aromatic rings. The zero-order chi connectivity index (χ0) is 12.4. The second-order valence-corrected chi connectivity index (χ2v) is 5.40. The Hall–Kier alpha value is -1.29. The van der Waals surface area contributed by atoms with Gasteiger partial charge in [0.25, 0.3) is 0 Å². The number of nitrogen functional groups attached to an aromatic ring is 1. The van der Waals surface area contributed by atoms with Crippen molar-refractivity contribution in [1.29, 1.82) is 0 Å². The Labute approximate surface area is 109 Å². The third kappa shape index (κ3) is 2.69. The first-order valence-electron chi connectivity index (χ1n) is 5.58. The maximum Gasteiger partial charge on any atom is 0.225 e. The largest absolute Gasteiger partial charge is 0.367 e. The molecular weight excluding hydrogens is 280 g/mol. The van der Waals surface area contributed by atoms with E-state index in [0.717, 1.165) is 27.7 Å². The molecular formula is C13H15BrN2O. The summed E-state index contributed by atoms with van der Waals surface area (Å²) < 4.78 is 6.12. The van der Waals surface area contributed by atoms with Gasteiger partial charge in [-0.1, -0.05) is 47.1 Å². The van der Waals surface area contributed by atoms with E-state index in [-0.39, 0.29) is 0 Å². The summed E-state index contributed by atoms with van der Waals surface area (Å²) in [6, 6.07) is 7.98. The molecule has 0 fully saturated rings. The standard InChI is InChI=1S/C13H15BrN2O/c1-8(2)6-11-12(16-17-13(11)15)9-4-3-5-10(14)7-9/h3-5,7-8H,6,15H2,1-2H3. The van der Waals surface area contributed by atoms with Crippen LogP contribution in [-0.2, 0) is 6.42 Å². The Balaban J connectivity index is 2.45. The zero-order valence-electron chi connectivity index (χ0n) is 9.90. The molecule has 4 heteroatoms. The zero-order valence-corrected chi connectivity index (χ0v) is 11.5. The van der Waals surface area contributed by atoms with Crippen molar-refractivity contribution >= 4 is 21.8 Å². The van der Waals surface area contributed by atoms with Gasteiger partial charge in [-0.05, 0) is 24.5 Å². The summed E-state index contributed by atoms with van der Waals surface area (Å²) >= 11 is 3.45. The van der Waals surface area contributed by atoms with Gasteiger partial charge >= 0.3 is 0 Å². The minimum atomic E-state index is 0.425. The number of rotatable bonds is 3. The fourth-order valence-corrected chi connectivity index (χ4v) is 2.19. The van der Waals surface area contributed by atoms with Crippen molar-refractivity contribution in [2.24, 2.45) is 5.92 Å². The molecule has 0 bridgehead atoms. The summed E-state index contributed by atoms with van der Waals surface area (Å²) in [5, 5.41) is 4.06. The van der Waals surface area contributed by atoms with E-state index in [0.29, 0.717) is 11.8 Å². The average molecular weight is 295 g/mol. The van der Waals surface area contributed by atoms with E-state index in [2.05, 4.69) is 34.9 Å². The van der Waals surface area contributed by atoms with E-state index in [9.17, 15) is 0 Å². The number of halogens is 1. The monoisotopic (exact) mass is 294 g/mol. The molecule has 0 aliphatic carbocycles. The van der Waals surface area contributed by atoms with Crippen LogP contribution in [0, 0.1) is 5.92 Å². The van der Waals surface area contributed by atoms with Gasteiger partial charge in [0.1, 0.15) is 5.69 Å². The fraction of sp³-hybridized carbons (Fsp3) is 0.308. The van der Waals surface area contributed by atoms with Crippen LogP contribution in [0.15, 0.2) is 33.3 Å². The fourth-order valence-electron chi connectivity index (χ4n) is 1.79. The normalized spacial score (nSPS) is 11.1. The molecule has 0 aliphatic rings. The van der Waals surface area contributed by atoms with E-state index < -0.39 is 0 Å². The van der Waals surface area contributed by atoms with Crippen molar-refractivity contribution in [2.45, 2.75) is 20.3 Å². The lowest BCUT2D eigenvalue weighted by Crippen LogP contribution is -1.98. The predicted octanol–water partition coefficient (Wildman–Crippen LogP) is 3.88. The van der Waals surface area contributed by atoms with Gasteiger partial charge in [-0.2, -0.15) is 0 Å². The lowest BCUT2D eigenvalue weighted by atomic mass is 9.99. The van der Waals surface area contributed by atoms with Gasteiger partial charge in [-0.25, -0.2) is 0 Å². The average Bonchev–Trinajstić information content (AvgIpc) is 2.60. The molecule has 17 heavy (non-hydrogen) atoms. The highest BCUT2D eigenvalue weighted by Crippen LogP contribution is 2.30. The van der Waals surface area contributed by atoms with Crippen LogP contribution in [0.25, 0.3) is 11.3 Å². The van der Waals surface area contributed by atoms with E-state index in [1.807, 2.05) is 24.3 Å². The van der Waals surface area contributed by atoms with Crippen LogP contribution in [-0.4, -0.2) is 5.16 Å². The molecule has 0 spiro atoms. The van der Waals surface area contributed by atoms with Crippen molar-refractivity contribution in [3.8, 4) is 11.3 Å². The smallest absolute Gasteiger partial charge is 0.225 e. The molecule has 0 atom stereocenters. The Morgan fingerprint density at radius 2 is 2.18 bits per heavy atom. The summed E-state index contributed by atoms with van der Waals surface area (Å²) in [5.41, 5.74) is 8.69. The van der Waals surface area contributed by atoms with Crippen LogP contribution in [0.4, 0.5) is 5.88 Å². The Morgan fingerprint density at radius 3 is 2.82 bits per heavy atom. The molecule has 1 aromatic heterocycles. The van der Waals surface area contributed by atoms with Crippen LogP contribution in [0.2, 0.25) is 0 Å². The summed E-state index contributed by atoms with van der Waals surface area (Å²) in [5.74, 6) is 0.941. The third-order valence-corrected chi connectivity index (χ3v) is 3.02. The highest BCUT2D eigenvalue weighted by Gasteiger charge is 2.16. The number of nitrogens with two attached hydrogens (primary N) is 1. The molecule has 90 valence electrons. The van der Waals surface area contributed by atoms with E-state index in [4.69, 9.17) is 10.3 Å². The first kappa shape index (κ1) is 12.2. The Morgan fingerprint density at radius 1 is 1.41 bits per heavy atom. The maximum atomic E-state index is 5.82. The molecule has 0 amide bonds. The quantitative estimate of drug-likeness (QED) is 0.934. The van der Waals surface area contributed by atoms with Crippen LogP contribution in [0.1, 0.15) is 19.4 Å². The van der Waals surface area contributed by atoms with Crippen molar-refractivity contribution in [3.63, 3.8) is 0 Å². The van der Waals surface area contributed by atoms with Crippen molar-refractivity contribution in [3.05, 3.63) is 34.3 Å². The Kier molecular flexibility index (Phi) is 3.52. The topological polar surface area (TPSA) is 52.0 Å². The second kappa shape index (κ2) is 4.92. The summed E-state index contributed by atoms with van der Waals surface area (Å²) in [4.78, 5) is 0. The minimum Gasteiger partial charge on any atom is -0.367 e. The van der Waals surface area contributed by atoms with Crippen molar-refractivity contribution < 1.29 is 4.52 Å². The molecule has 0 unspecified atom stereocenters. The number of benzene rings is 1. The summed E-state index contributed by atoms with van der Waals surface area (Å²) in [6.07, 6.45) is 0.872. The number of hydrogen-bond acceptors (Lipinski definition) is 3. The van der Waals surface area contributed by atoms with Crippen LogP contribution >= 0.6 is 15.9 Å². The van der Waals surface area contributed by atoms with Crippen LogP contribution < -0.4 is 5.73 Å². The number of anilines is 1. The molecule has 1 aromatic carbocycles. The first-order valence-corrected chi connectivity index (χ1v) is 6.37. The molecule has 0 saturated heterocycles. The second-order valence-electron chi connectivity index (χ2n) is 4.48. The van der Waals surface area contributed by atoms with Gasteiger partial charge in [0.15, 0.2) is 0 Å². The van der Waals surface area contributed by atoms with Gasteiger partial charge < -0.3 is 10.3 Å². The number of aromatic nitrogens is 1. The molecule has 2 rings (SSSR count). The summed E-state index contributed by atoms with van der Waals surface area (Å²) in [6.45, 7) is 4.30. The third-order valence-electron chi connectivity index (χ3n) is 2.53. The Bertz CT molecular complexity index is 520. The minimum absolute atomic E-state index is 0.425. The SMILES string of the molecule is CC(C)Cc1c(-c2cccc(Br)c2)noc1N. The highest BCUT2D eigenvalue weighted by atomic mass is 79.9. The van der Waals surface area contributed by atoms with Crippen LogP contribution in [0.5, 0.6) is 0 Å². The lowest BCUT2D eigenvalue weighted by Gasteiger charge is -2.05. The van der Waals surface area contributed by atoms with E-state index in [1.54, 1.807) is 0 Å². The molecule has 2 N–H and O–H groups in total. The van der Waals surface area contributed by atoms with E-state index in [1.165, 1.54) is 0 Å². The first-order chi connectivity index (χ1) is 8.08. The lowest BCUT2D eigenvalue weighted by molar-refractivity contribution is 0.438. The predicted molar refractivity (Wildman–Crippen MR) is 72.6 cm³/mol. The maximum absolute atomic E-state index is 5.82.